The minimum Gasteiger partial charge on any atom is -0.480 e. The molecule has 1 aliphatic carbocycles. The van der Waals surface area contributed by atoms with Crippen LogP contribution in [0, 0.1) is 17.0 Å². The molecule has 1 aliphatic rings. The largest absolute Gasteiger partial charge is 0.480 e. The first-order chi connectivity index (χ1) is 8.46. The highest BCUT2D eigenvalue weighted by Crippen LogP contribution is 2.38. The van der Waals surface area contributed by atoms with Gasteiger partial charge >= 0.3 is 5.97 Å². The Morgan fingerprint density at radius 2 is 2.17 bits per heavy atom. The lowest BCUT2D eigenvalue weighted by molar-refractivity contribution is -0.384. The number of hydrogen-bond donors (Lipinski definition) is 2. The maximum Gasteiger partial charge on any atom is 0.329 e. The number of nitro groups is 1. The third kappa shape index (κ3) is 1.90. The van der Waals surface area contributed by atoms with Crippen LogP contribution in [0.2, 0.25) is 0 Å². The number of aliphatic carboxylic acids is 1. The molecular weight excluding hydrogens is 236 g/mol. The fourth-order valence-electron chi connectivity index (χ4n) is 2.18. The van der Waals surface area contributed by atoms with E-state index in [-0.39, 0.29) is 11.4 Å². The van der Waals surface area contributed by atoms with Crippen molar-refractivity contribution >= 4 is 17.3 Å². The van der Waals surface area contributed by atoms with Gasteiger partial charge in [0.25, 0.3) is 5.69 Å². The smallest absolute Gasteiger partial charge is 0.329 e. The summed E-state index contributed by atoms with van der Waals surface area (Å²) in [5.74, 6) is -0.954. The average Bonchev–Trinajstić information content (AvgIpc) is 2.22. The normalized spacial score (nSPS) is 16.7. The molecule has 0 radical (unpaired) electrons. The molecule has 0 saturated heterocycles. The van der Waals surface area contributed by atoms with E-state index in [1.165, 1.54) is 0 Å². The second kappa shape index (κ2) is 4.29. The fourth-order valence-corrected chi connectivity index (χ4v) is 2.18. The number of aryl methyl sites for hydroxylation is 1. The highest BCUT2D eigenvalue weighted by atomic mass is 16.6. The topological polar surface area (TPSA) is 92.5 Å². The molecule has 1 saturated carbocycles. The van der Waals surface area contributed by atoms with Crippen molar-refractivity contribution in [2.24, 2.45) is 0 Å². The Kier molecular flexibility index (Phi) is 2.94. The summed E-state index contributed by atoms with van der Waals surface area (Å²) in [6.45, 7) is 1.64. The van der Waals surface area contributed by atoms with E-state index in [1.54, 1.807) is 25.1 Å². The SMILES string of the molecule is Cc1cccc(NC2(C(=O)O)CCC2)c1[N+](=O)[O-]. The van der Waals surface area contributed by atoms with Gasteiger partial charge in [-0.15, -0.1) is 0 Å². The Morgan fingerprint density at radius 3 is 2.61 bits per heavy atom. The monoisotopic (exact) mass is 250 g/mol. The highest BCUT2D eigenvalue weighted by molar-refractivity contribution is 5.85. The number of nitro benzene ring substituents is 1. The van der Waals surface area contributed by atoms with Crippen LogP contribution in [0.25, 0.3) is 0 Å². The third-order valence-corrected chi connectivity index (χ3v) is 3.41. The molecule has 0 bridgehead atoms. The van der Waals surface area contributed by atoms with Crippen molar-refractivity contribution < 1.29 is 14.8 Å². The number of nitrogens with one attached hydrogen (secondary N) is 1. The van der Waals surface area contributed by atoms with Gasteiger partial charge < -0.3 is 10.4 Å². The summed E-state index contributed by atoms with van der Waals surface area (Å²) < 4.78 is 0. The summed E-state index contributed by atoms with van der Waals surface area (Å²) in [5.41, 5.74) is -0.296. The van der Waals surface area contributed by atoms with E-state index in [0.717, 1.165) is 6.42 Å². The predicted octanol–water partition coefficient (Wildman–Crippen LogP) is 2.32. The first kappa shape index (κ1) is 12.3. The number of nitrogens with zero attached hydrogens (tertiary/aromatic N) is 1. The third-order valence-electron chi connectivity index (χ3n) is 3.41. The number of rotatable bonds is 4. The Balaban J connectivity index is 2.37. The van der Waals surface area contributed by atoms with Crippen LogP contribution in [0.5, 0.6) is 0 Å². The lowest BCUT2D eigenvalue weighted by atomic mass is 9.76. The van der Waals surface area contributed by atoms with Gasteiger partial charge in [0.2, 0.25) is 0 Å². The molecule has 96 valence electrons. The second-order valence-electron chi connectivity index (χ2n) is 4.59. The molecule has 1 aromatic carbocycles. The van der Waals surface area contributed by atoms with Crippen molar-refractivity contribution in [2.45, 2.75) is 31.7 Å². The van der Waals surface area contributed by atoms with E-state index >= 15 is 0 Å². The first-order valence-corrected chi connectivity index (χ1v) is 5.72. The average molecular weight is 250 g/mol. The Morgan fingerprint density at radius 1 is 1.50 bits per heavy atom. The molecule has 18 heavy (non-hydrogen) atoms. The molecule has 6 heteroatoms. The summed E-state index contributed by atoms with van der Waals surface area (Å²) in [6.07, 6.45) is 1.81. The first-order valence-electron chi connectivity index (χ1n) is 5.72. The molecule has 0 amide bonds. The van der Waals surface area contributed by atoms with Crippen molar-refractivity contribution in [1.82, 2.24) is 0 Å². The lowest BCUT2D eigenvalue weighted by Gasteiger charge is -2.38. The Bertz CT molecular complexity index is 509. The highest BCUT2D eigenvalue weighted by Gasteiger charge is 2.45. The van der Waals surface area contributed by atoms with Crippen LogP contribution in [0.4, 0.5) is 11.4 Å². The number of carboxylic acid groups (broad SMARTS) is 1. The number of carbonyl (C=O) groups is 1. The molecule has 6 nitrogen and oxygen atoms in total. The van der Waals surface area contributed by atoms with Gasteiger partial charge in [0.05, 0.1) is 4.92 Å². The van der Waals surface area contributed by atoms with E-state index in [4.69, 9.17) is 0 Å². The molecule has 0 aromatic heterocycles. The molecule has 0 spiro atoms. The van der Waals surface area contributed by atoms with Gasteiger partial charge in [-0.3, -0.25) is 10.1 Å². The van der Waals surface area contributed by atoms with Crippen molar-refractivity contribution in [3.8, 4) is 0 Å². The maximum atomic E-state index is 11.2. The molecule has 1 aromatic rings. The molecule has 0 atom stereocenters. The van der Waals surface area contributed by atoms with E-state index in [1.807, 2.05) is 0 Å². The van der Waals surface area contributed by atoms with Crippen LogP contribution in [0.1, 0.15) is 24.8 Å². The van der Waals surface area contributed by atoms with Gasteiger partial charge in [-0.1, -0.05) is 12.1 Å². The summed E-state index contributed by atoms with van der Waals surface area (Å²) >= 11 is 0. The molecule has 0 aliphatic heterocycles. The van der Waals surface area contributed by atoms with Crippen LogP contribution < -0.4 is 5.32 Å². The molecule has 1 fully saturated rings. The van der Waals surface area contributed by atoms with Crippen molar-refractivity contribution in [2.75, 3.05) is 5.32 Å². The van der Waals surface area contributed by atoms with Crippen LogP contribution in [0.15, 0.2) is 18.2 Å². The molecule has 0 heterocycles. The van der Waals surface area contributed by atoms with Gasteiger partial charge in [0, 0.05) is 5.56 Å². The number of carboxylic acids is 1. The van der Waals surface area contributed by atoms with Crippen LogP contribution >= 0.6 is 0 Å². The van der Waals surface area contributed by atoms with Gasteiger partial charge in [-0.2, -0.15) is 0 Å². The zero-order valence-electron chi connectivity index (χ0n) is 9.97. The quantitative estimate of drug-likeness (QED) is 0.632. The minimum absolute atomic E-state index is 0.0509. The van der Waals surface area contributed by atoms with Crippen molar-refractivity contribution in [3.63, 3.8) is 0 Å². The van der Waals surface area contributed by atoms with E-state index in [0.29, 0.717) is 18.4 Å². The van der Waals surface area contributed by atoms with Gasteiger partial charge in [0.15, 0.2) is 0 Å². The summed E-state index contributed by atoms with van der Waals surface area (Å²) in [5, 5.41) is 23.1. The number of para-hydroxylation sites is 1. The molecule has 2 rings (SSSR count). The zero-order valence-corrected chi connectivity index (χ0v) is 9.97. The van der Waals surface area contributed by atoms with Crippen molar-refractivity contribution in [3.05, 3.63) is 33.9 Å². The Labute approximate surface area is 104 Å². The van der Waals surface area contributed by atoms with Gasteiger partial charge in [-0.25, -0.2) is 4.79 Å². The van der Waals surface area contributed by atoms with Crippen LogP contribution in [0.3, 0.4) is 0 Å². The number of anilines is 1. The van der Waals surface area contributed by atoms with E-state index in [9.17, 15) is 20.0 Å². The lowest BCUT2D eigenvalue weighted by Crippen LogP contribution is -2.52. The van der Waals surface area contributed by atoms with Gasteiger partial charge in [0.1, 0.15) is 11.2 Å². The molecular formula is C12H14N2O4. The molecule has 0 unspecified atom stereocenters. The standard InChI is InChI=1S/C12H14N2O4/c1-8-4-2-5-9(10(8)14(17)18)13-12(11(15)16)6-3-7-12/h2,4-5,13H,3,6-7H2,1H3,(H,15,16). The predicted molar refractivity (Wildman–Crippen MR) is 65.7 cm³/mol. The summed E-state index contributed by atoms with van der Waals surface area (Å²) in [4.78, 5) is 21.8. The van der Waals surface area contributed by atoms with E-state index in [2.05, 4.69) is 5.32 Å². The minimum atomic E-state index is -1.04. The zero-order chi connectivity index (χ0) is 13.3. The summed E-state index contributed by atoms with van der Waals surface area (Å²) in [6, 6.07) is 4.87. The number of benzene rings is 1. The maximum absolute atomic E-state index is 11.2. The fraction of sp³-hybridized carbons (Fsp3) is 0.417. The van der Waals surface area contributed by atoms with Crippen molar-refractivity contribution in [1.29, 1.82) is 0 Å². The number of hydrogen-bond acceptors (Lipinski definition) is 4. The van der Waals surface area contributed by atoms with Gasteiger partial charge in [-0.05, 0) is 32.3 Å². The van der Waals surface area contributed by atoms with Crippen LogP contribution in [-0.2, 0) is 4.79 Å². The second-order valence-corrected chi connectivity index (χ2v) is 4.59. The molecule has 2 N–H and O–H groups in total. The summed E-state index contributed by atoms with van der Waals surface area (Å²) in [7, 11) is 0. The van der Waals surface area contributed by atoms with Crippen LogP contribution in [-0.4, -0.2) is 21.5 Å². The van der Waals surface area contributed by atoms with E-state index < -0.39 is 16.4 Å². The Hall–Kier alpha value is -2.11.